The van der Waals surface area contributed by atoms with Gasteiger partial charge in [-0.15, -0.1) is 0 Å². The number of pyridine rings is 4. The van der Waals surface area contributed by atoms with E-state index < -0.39 is 0 Å². The smallest absolute Gasteiger partial charge is 0.259 e. The lowest BCUT2D eigenvalue weighted by molar-refractivity contribution is 0.102. The summed E-state index contributed by atoms with van der Waals surface area (Å²) in [6.07, 6.45) is 6.70. The third kappa shape index (κ3) is 5.69. The molecular formula is C29H27ClN8O2S. The van der Waals surface area contributed by atoms with Crippen molar-refractivity contribution >= 4 is 50.1 Å². The van der Waals surface area contributed by atoms with E-state index in [1.165, 1.54) is 23.7 Å². The lowest BCUT2D eigenvalue weighted by Gasteiger charge is -2.32. The van der Waals surface area contributed by atoms with Crippen molar-refractivity contribution < 1.29 is 9.53 Å². The van der Waals surface area contributed by atoms with Gasteiger partial charge in [0.2, 0.25) is 0 Å². The number of carbonyl (C=O) groups is 1. The molecular weight excluding hydrogens is 560 g/mol. The van der Waals surface area contributed by atoms with Gasteiger partial charge in [-0.1, -0.05) is 22.9 Å². The van der Waals surface area contributed by atoms with Crippen LogP contribution in [0.3, 0.4) is 0 Å². The van der Waals surface area contributed by atoms with Gasteiger partial charge in [0, 0.05) is 66.7 Å². The maximum Gasteiger partial charge on any atom is 0.259 e. The molecule has 6 heterocycles. The fourth-order valence-electron chi connectivity index (χ4n) is 4.86. The molecule has 6 rings (SSSR count). The molecule has 10 nitrogen and oxygen atoms in total. The average Bonchev–Trinajstić information content (AvgIpc) is 3.38. The Labute approximate surface area is 245 Å². The summed E-state index contributed by atoms with van der Waals surface area (Å²) in [5.74, 6) is 1.09. The Morgan fingerprint density at radius 3 is 2.80 bits per heavy atom. The predicted molar refractivity (Wildman–Crippen MR) is 162 cm³/mol. The number of methoxy groups -OCH3 is 1. The largest absolute Gasteiger partial charge is 0.494 e. The van der Waals surface area contributed by atoms with Crippen molar-refractivity contribution in [1.82, 2.24) is 30.2 Å². The van der Waals surface area contributed by atoms with Crippen molar-refractivity contribution in [3.05, 3.63) is 71.5 Å². The Morgan fingerprint density at radius 2 is 1.98 bits per heavy atom. The van der Waals surface area contributed by atoms with Crippen LogP contribution in [0, 0.1) is 6.92 Å². The average molecular weight is 587 g/mol. The zero-order valence-electron chi connectivity index (χ0n) is 22.7. The highest BCUT2D eigenvalue weighted by Gasteiger charge is 2.20. The number of aryl methyl sites for hydroxylation is 1. The van der Waals surface area contributed by atoms with Gasteiger partial charge < -0.3 is 15.0 Å². The number of amides is 1. The SMILES string of the molecule is COc1cnc(Cl)cc1-c1cc(C)ncc1C(=O)Nc1nc2ncc(-c3ccnc(N4CCN[C@H](C)C4)c3)cc2s1. The van der Waals surface area contributed by atoms with E-state index >= 15 is 0 Å². The first-order valence-corrected chi connectivity index (χ1v) is 14.3. The molecule has 0 radical (unpaired) electrons. The number of anilines is 2. The van der Waals surface area contributed by atoms with Crippen LogP contribution in [0.15, 0.2) is 55.1 Å². The van der Waals surface area contributed by atoms with Gasteiger partial charge in [-0.25, -0.2) is 15.0 Å². The van der Waals surface area contributed by atoms with Crippen LogP contribution in [0.25, 0.3) is 32.6 Å². The number of thiazole rings is 1. The van der Waals surface area contributed by atoms with Crippen molar-refractivity contribution in [2.75, 3.05) is 37.0 Å². The molecule has 0 spiro atoms. The second-order valence-corrected chi connectivity index (χ2v) is 11.2. The number of ether oxygens (including phenoxy) is 1. The van der Waals surface area contributed by atoms with Crippen LogP contribution in [0.2, 0.25) is 5.15 Å². The molecule has 12 heteroatoms. The third-order valence-corrected chi connectivity index (χ3v) is 7.98. The van der Waals surface area contributed by atoms with Crippen LogP contribution in [-0.2, 0) is 0 Å². The third-order valence-electron chi connectivity index (χ3n) is 6.87. The number of aromatic nitrogens is 5. The first-order chi connectivity index (χ1) is 19.9. The van der Waals surface area contributed by atoms with Gasteiger partial charge >= 0.3 is 0 Å². The molecule has 0 aromatic carbocycles. The minimum absolute atomic E-state index is 0.290. The van der Waals surface area contributed by atoms with Crippen molar-refractivity contribution in [2.24, 2.45) is 0 Å². The summed E-state index contributed by atoms with van der Waals surface area (Å²) in [5.41, 5.74) is 4.91. The lowest BCUT2D eigenvalue weighted by atomic mass is 10.0. The molecule has 41 heavy (non-hydrogen) atoms. The molecule has 0 unspecified atom stereocenters. The van der Waals surface area contributed by atoms with Crippen LogP contribution in [0.1, 0.15) is 23.0 Å². The summed E-state index contributed by atoms with van der Waals surface area (Å²) < 4.78 is 6.34. The highest BCUT2D eigenvalue weighted by Crippen LogP contribution is 2.35. The monoisotopic (exact) mass is 586 g/mol. The van der Waals surface area contributed by atoms with Gasteiger partial charge in [-0.3, -0.25) is 15.1 Å². The zero-order chi connectivity index (χ0) is 28.5. The maximum atomic E-state index is 13.5. The fourth-order valence-corrected chi connectivity index (χ4v) is 5.88. The minimum atomic E-state index is -0.356. The van der Waals surface area contributed by atoms with E-state index in [9.17, 15) is 4.79 Å². The quantitative estimate of drug-likeness (QED) is 0.258. The molecule has 0 bridgehead atoms. The summed E-state index contributed by atoms with van der Waals surface area (Å²) in [4.78, 5) is 37.9. The number of piperazine rings is 1. The molecule has 5 aromatic heterocycles. The lowest BCUT2D eigenvalue weighted by Crippen LogP contribution is -2.49. The summed E-state index contributed by atoms with van der Waals surface area (Å²) in [6, 6.07) is 10.0. The summed E-state index contributed by atoms with van der Waals surface area (Å²) in [6.45, 7) is 6.78. The van der Waals surface area contributed by atoms with E-state index in [-0.39, 0.29) is 5.91 Å². The standard InChI is InChI=1S/C29H27ClN8O2S/c1-16-8-20(21-11-25(30)34-14-23(21)40-3)22(13-33-16)28(39)37-29-36-27-24(41-29)9-19(12-35-27)18-4-5-32-26(10-18)38-7-6-31-17(2)15-38/h4-5,8-14,17,31H,6-7,15H2,1-3H3,(H,35,36,37,39)/t17-/m1/s1. The van der Waals surface area contributed by atoms with Crippen LogP contribution in [0.5, 0.6) is 5.75 Å². The Bertz CT molecular complexity index is 1760. The maximum absolute atomic E-state index is 13.5. The van der Waals surface area contributed by atoms with Crippen molar-refractivity contribution in [2.45, 2.75) is 19.9 Å². The van der Waals surface area contributed by atoms with Crippen molar-refractivity contribution in [1.29, 1.82) is 0 Å². The summed E-state index contributed by atoms with van der Waals surface area (Å²) in [5, 5.41) is 7.11. The number of halogens is 1. The number of nitrogens with one attached hydrogen (secondary N) is 2. The normalized spacial score (nSPS) is 15.2. The van der Waals surface area contributed by atoms with Crippen LogP contribution >= 0.6 is 22.9 Å². The number of carbonyl (C=O) groups excluding carboxylic acids is 1. The summed E-state index contributed by atoms with van der Waals surface area (Å²) in [7, 11) is 1.54. The van der Waals surface area contributed by atoms with E-state index in [0.717, 1.165) is 47.0 Å². The molecule has 208 valence electrons. The van der Waals surface area contributed by atoms with E-state index in [4.69, 9.17) is 16.3 Å². The zero-order valence-corrected chi connectivity index (χ0v) is 24.3. The number of hydrogen-bond acceptors (Lipinski definition) is 10. The molecule has 2 N–H and O–H groups in total. The fraction of sp³-hybridized carbons (Fsp3) is 0.241. The Balaban J connectivity index is 1.27. The summed E-state index contributed by atoms with van der Waals surface area (Å²) >= 11 is 7.54. The molecule has 1 fully saturated rings. The number of hydrogen-bond donors (Lipinski definition) is 2. The number of fused-ring (bicyclic) bond motifs is 1. The minimum Gasteiger partial charge on any atom is -0.494 e. The second kappa shape index (κ2) is 11.4. The molecule has 1 amide bonds. The Hall–Kier alpha value is -4.19. The van der Waals surface area contributed by atoms with Gasteiger partial charge in [0.25, 0.3) is 5.91 Å². The van der Waals surface area contributed by atoms with Gasteiger partial charge in [-0.2, -0.15) is 4.98 Å². The molecule has 1 aliphatic rings. The van der Waals surface area contributed by atoms with E-state index in [2.05, 4.69) is 53.4 Å². The predicted octanol–water partition coefficient (Wildman–Crippen LogP) is 5.23. The molecule has 1 aliphatic heterocycles. The molecule has 0 saturated carbocycles. The molecule has 5 aromatic rings. The molecule has 1 saturated heterocycles. The first kappa shape index (κ1) is 27.0. The van der Waals surface area contributed by atoms with Crippen molar-refractivity contribution in [3.8, 4) is 28.0 Å². The topological polar surface area (TPSA) is 118 Å². The van der Waals surface area contributed by atoms with Gasteiger partial charge in [-0.05, 0) is 49.7 Å². The van der Waals surface area contributed by atoms with Gasteiger partial charge in [0.1, 0.15) is 16.7 Å². The van der Waals surface area contributed by atoms with E-state index in [1.54, 1.807) is 19.4 Å². The highest BCUT2D eigenvalue weighted by atomic mass is 35.5. The highest BCUT2D eigenvalue weighted by molar-refractivity contribution is 7.22. The van der Waals surface area contributed by atoms with E-state index in [0.29, 0.717) is 44.4 Å². The van der Waals surface area contributed by atoms with Crippen LogP contribution < -0.4 is 20.3 Å². The molecule has 0 aliphatic carbocycles. The second-order valence-electron chi connectivity index (χ2n) is 9.80. The van der Waals surface area contributed by atoms with Gasteiger partial charge in [0.15, 0.2) is 10.8 Å². The van der Waals surface area contributed by atoms with E-state index in [1.807, 2.05) is 31.3 Å². The Morgan fingerprint density at radius 1 is 1.10 bits per heavy atom. The first-order valence-electron chi connectivity index (χ1n) is 13.1. The Kier molecular flexibility index (Phi) is 7.48. The van der Waals surface area contributed by atoms with Crippen molar-refractivity contribution in [3.63, 3.8) is 0 Å². The van der Waals surface area contributed by atoms with Gasteiger partial charge in [0.05, 0.1) is 23.6 Å². The van der Waals surface area contributed by atoms with Crippen LogP contribution in [-0.4, -0.2) is 63.6 Å². The molecule has 1 atom stereocenters. The number of nitrogens with zero attached hydrogens (tertiary/aromatic N) is 6. The number of rotatable bonds is 6. The van der Waals surface area contributed by atoms with Crippen LogP contribution in [0.4, 0.5) is 10.9 Å².